The Hall–Kier alpha value is -4.38. The Balaban J connectivity index is 1.80. The zero-order valence-electron chi connectivity index (χ0n) is 14.3. The van der Waals surface area contributed by atoms with Crippen molar-refractivity contribution in [2.75, 3.05) is 0 Å². The van der Waals surface area contributed by atoms with E-state index in [4.69, 9.17) is 0 Å². The predicted octanol–water partition coefficient (Wildman–Crippen LogP) is 1.84. The number of phenolic OH excluding ortho intramolecular Hbond substituents is 1. The Kier molecular flexibility index (Phi) is 4.10. The van der Waals surface area contributed by atoms with Crippen molar-refractivity contribution >= 4 is 0 Å². The quantitative estimate of drug-likeness (QED) is 0.472. The fourth-order valence-corrected chi connectivity index (χ4v) is 2.88. The van der Waals surface area contributed by atoms with Gasteiger partial charge in [-0.05, 0) is 51.4 Å². The van der Waals surface area contributed by atoms with Crippen molar-refractivity contribution in [3.63, 3.8) is 0 Å². The summed E-state index contributed by atoms with van der Waals surface area (Å²) in [5.41, 5.74) is 2.03. The summed E-state index contributed by atoms with van der Waals surface area (Å²) < 4.78 is 6.06. The molecular weight excluding hydrogens is 360 g/mol. The van der Waals surface area contributed by atoms with Gasteiger partial charge in [0.05, 0.1) is 0 Å². The molecule has 0 bridgehead atoms. The van der Waals surface area contributed by atoms with E-state index in [0.717, 1.165) is 5.56 Å². The number of aromatic nitrogens is 3. The van der Waals surface area contributed by atoms with E-state index in [2.05, 4.69) is 14.8 Å². The van der Waals surface area contributed by atoms with Crippen molar-refractivity contribution < 1.29 is 14.3 Å². The molecular formula is C20H13N4O4+. The number of H-pyrrole nitrogens is 2. The third-order valence-corrected chi connectivity index (χ3v) is 4.26. The highest BCUT2D eigenvalue weighted by Crippen LogP contribution is 2.27. The minimum absolute atomic E-state index is 0.00223. The highest BCUT2D eigenvalue weighted by molar-refractivity contribution is 5.75. The topological polar surface area (TPSA) is 127 Å². The molecule has 2 aromatic carbocycles. The molecule has 0 saturated heterocycles. The van der Waals surface area contributed by atoms with Gasteiger partial charge in [-0.1, -0.05) is 12.1 Å². The van der Waals surface area contributed by atoms with Crippen LogP contribution in [0, 0.1) is 11.3 Å². The normalized spacial score (nSPS) is 10.5. The molecule has 0 fully saturated rings. The lowest BCUT2D eigenvalue weighted by Crippen LogP contribution is -2.31. The van der Waals surface area contributed by atoms with Gasteiger partial charge in [0.1, 0.15) is 17.4 Å². The van der Waals surface area contributed by atoms with Crippen LogP contribution in [0.4, 0.5) is 0 Å². The number of hydrogen-bond acceptors (Lipinski definition) is 5. The predicted molar refractivity (Wildman–Crippen MR) is 98.7 cm³/mol. The average Bonchev–Trinajstić information content (AvgIpc) is 3.14. The SMILES string of the molecule is N#Cc1c(-c2ccc(O)cc2)cc(-c2ccc(-[n+]3cc(=O)o[nH]3)cc2)[nH]c1=O. The molecule has 0 spiro atoms. The number of nitrogens with one attached hydrogen (secondary N) is 2. The molecule has 2 aromatic heterocycles. The van der Waals surface area contributed by atoms with Gasteiger partial charge in [-0.25, -0.2) is 4.79 Å². The van der Waals surface area contributed by atoms with E-state index < -0.39 is 11.2 Å². The van der Waals surface area contributed by atoms with Gasteiger partial charge in [0, 0.05) is 23.4 Å². The largest absolute Gasteiger partial charge is 0.508 e. The highest BCUT2D eigenvalue weighted by Gasteiger charge is 2.14. The van der Waals surface area contributed by atoms with Crippen LogP contribution in [0.25, 0.3) is 28.1 Å². The number of nitrogens with zero attached hydrogens (tertiary/aromatic N) is 2. The van der Waals surface area contributed by atoms with Crippen molar-refractivity contribution in [2.45, 2.75) is 0 Å². The second-order valence-corrected chi connectivity index (χ2v) is 6.02. The lowest BCUT2D eigenvalue weighted by Gasteiger charge is -2.08. The van der Waals surface area contributed by atoms with E-state index in [1.165, 1.54) is 23.0 Å². The second-order valence-electron chi connectivity index (χ2n) is 6.02. The van der Waals surface area contributed by atoms with Crippen LogP contribution in [0.15, 0.2) is 74.9 Å². The standard InChI is InChI=1S/C20H12N4O4/c21-10-17-16(12-3-7-15(25)8-4-12)9-18(22-20(17)27)13-1-5-14(6-2-13)24-11-19(26)28-23-24/h1-9,11H,(H2-,22,23,25,26,27)/p+1. The van der Waals surface area contributed by atoms with E-state index in [0.29, 0.717) is 22.5 Å². The Morgan fingerprint density at radius 2 is 1.68 bits per heavy atom. The number of hydrogen-bond donors (Lipinski definition) is 3. The van der Waals surface area contributed by atoms with E-state index >= 15 is 0 Å². The lowest BCUT2D eigenvalue weighted by atomic mass is 9.99. The summed E-state index contributed by atoms with van der Waals surface area (Å²) in [5.74, 6) is 0.0951. The number of aromatic amines is 2. The molecule has 4 aromatic rings. The second kappa shape index (κ2) is 6.74. The summed E-state index contributed by atoms with van der Waals surface area (Å²) in [6.45, 7) is 0. The Bertz CT molecular complexity index is 1310. The van der Waals surface area contributed by atoms with Crippen molar-refractivity contribution in [3.8, 4) is 39.9 Å². The van der Waals surface area contributed by atoms with Gasteiger partial charge in [0.15, 0.2) is 0 Å². The van der Waals surface area contributed by atoms with E-state index in [9.17, 15) is 20.0 Å². The van der Waals surface area contributed by atoms with Crippen LogP contribution in [-0.4, -0.2) is 15.4 Å². The summed E-state index contributed by atoms with van der Waals surface area (Å²) in [6, 6.07) is 17.0. The molecule has 2 heterocycles. The van der Waals surface area contributed by atoms with Gasteiger partial charge in [0.2, 0.25) is 5.69 Å². The highest BCUT2D eigenvalue weighted by atomic mass is 16.5. The van der Waals surface area contributed by atoms with Crippen molar-refractivity contribution in [3.05, 3.63) is 87.1 Å². The number of phenols is 1. The summed E-state index contributed by atoms with van der Waals surface area (Å²) >= 11 is 0. The first-order valence-corrected chi connectivity index (χ1v) is 8.23. The molecule has 0 saturated carbocycles. The molecule has 0 atom stereocenters. The van der Waals surface area contributed by atoms with Crippen LogP contribution in [0.5, 0.6) is 5.75 Å². The van der Waals surface area contributed by atoms with Crippen molar-refractivity contribution in [1.82, 2.24) is 10.3 Å². The molecule has 4 rings (SSSR count). The number of aromatic hydroxyl groups is 1. The van der Waals surface area contributed by atoms with Gasteiger partial charge in [-0.3, -0.25) is 9.32 Å². The first kappa shape index (κ1) is 17.1. The summed E-state index contributed by atoms with van der Waals surface area (Å²) in [5, 5.41) is 21.3. The molecule has 136 valence electrons. The van der Waals surface area contributed by atoms with Crippen LogP contribution in [0.3, 0.4) is 0 Å². The smallest absolute Gasteiger partial charge is 0.427 e. The zero-order chi connectivity index (χ0) is 19.7. The summed E-state index contributed by atoms with van der Waals surface area (Å²) in [7, 11) is 0. The van der Waals surface area contributed by atoms with Gasteiger partial charge in [-0.2, -0.15) is 5.26 Å². The Labute approximate surface area is 157 Å². The molecule has 0 radical (unpaired) electrons. The van der Waals surface area contributed by atoms with Gasteiger partial charge < -0.3 is 10.1 Å². The van der Waals surface area contributed by atoms with Crippen LogP contribution in [0.1, 0.15) is 5.56 Å². The van der Waals surface area contributed by atoms with E-state index in [1.807, 2.05) is 6.07 Å². The number of rotatable bonds is 3. The van der Waals surface area contributed by atoms with Crippen LogP contribution in [0.2, 0.25) is 0 Å². The van der Waals surface area contributed by atoms with E-state index in [-0.39, 0.29) is 11.3 Å². The molecule has 8 nitrogen and oxygen atoms in total. The molecule has 0 aliphatic rings. The molecule has 3 N–H and O–H groups in total. The minimum Gasteiger partial charge on any atom is -0.508 e. The summed E-state index contributed by atoms with van der Waals surface area (Å²) in [6.07, 6.45) is 1.27. The van der Waals surface area contributed by atoms with Crippen molar-refractivity contribution in [2.24, 2.45) is 0 Å². The lowest BCUT2D eigenvalue weighted by molar-refractivity contribution is -0.670. The molecule has 8 heteroatoms. The van der Waals surface area contributed by atoms with Crippen LogP contribution >= 0.6 is 0 Å². The number of benzene rings is 2. The van der Waals surface area contributed by atoms with Gasteiger partial charge in [-0.15, -0.1) is 0 Å². The first-order chi connectivity index (χ1) is 13.5. The van der Waals surface area contributed by atoms with Crippen molar-refractivity contribution in [1.29, 1.82) is 5.26 Å². The third kappa shape index (κ3) is 3.08. The zero-order valence-corrected chi connectivity index (χ0v) is 14.3. The first-order valence-electron chi connectivity index (χ1n) is 8.23. The molecule has 0 aliphatic carbocycles. The molecule has 0 aliphatic heterocycles. The average molecular weight is 373 g/mol. The number of pyridine rings is 1. The van der Waals surface area contributed by atoms with Crippen LogP contribution in [-0.2, 0) is 0 Å². The maximum Gasteiger partial charge on any atom is 0.427 e. The third-order valence-electron chi connectivity index (χ3n) is 4.26. The molecule has 28 heavy (non-hydrogen) atoms. The fraction of sp³-hybridized carbons (Fsp3) is 0. The van der Waals surface area contributed by atoms with Gasteiger partial charge >= 0.3 is 5.63 Å². The van der Waals surface area contributed by atoms with E-state index in [1.54, 1.807) is 42.5 Å². The Morgan fingerprint density at radius 3 is 2.29 bits per heavy atom. The van der Waals surface area contributed by atoms with Gasteiger partial charge in [0.25, 0.3) is 11.8 Å². The Morgan fingerprint density at radius 1 is 1.00 bits per heavy atom. The molecule has 0 amide bonds. The molecule has 0 unspecified atom stereocenters. The summed E-state index contributed by atoms with van der Waals surface area (Å²) in [4.78, 5) is 26.3. The number of nitriles is 1. The monoisotopic (exact) mass is 373 g/mol. The fourth-order valence-electron chi connectivity index (χ4n) is 2.88. The van der Waals surface area contributed by atoms with Crippen LogP contribution < -0.4 is 15.9 Å². The minimum atomic E-state index is -0.501. The maximum atomic E-state index is 12.4. The maximum absolute atomic E-state index is 12.4.